The summed E-state index contributed by atoms with van der Waals surface area (Å²) in [5.41, 5.74) is 7.90. The van der Waals surface area contributed by atoms with Crippen LogP contribution >= 0.6 is 0 Å². The molecule has 1 atom stereocenters. The summed E-state index contributed by atoms with van der Waals surface area (Å²) in [7, 11) is 0. The predicted molar refractivity (Wildman–Crippen MR) is 132 cm³/mol. The third kappa shape index (κ3) is 4.47. The minimum atomic E-state index is -1.20. The molecule has 2 aromatic rings. The Hall–Kier alpha value is -4.20. The Morgan fingerprint density at radius 1 is 1.00 bits per heavy atom. The molecule has 0 radical (unpaired) electrons. The second-order valence-corrected chi connectivity index (χ2v) is 8.14. The van der Waals surface area contributed by atoms with Crippen molar-refractivity contribution in [3.05, 3.63) is 72.3 Å². The maximum absolute atomic E-state index is 11.9. The molecule has 8 nitrogen and oxygen atoms in total. The van der Waals surface area contributed by atoms with E-state index in [0.29, 0.717) is 6.42 Å². The summed E-state index contributed by atoms with van der Waals surface area (Å²) in [6, 6.07) is 14.2. The van der Waals surface area contributed by atoms with Gasteiger partial charge in [-0.1, -0.05) is 74.9 Å². The molecule has 0 spiro atoms. The van der Waals surface area contributed by atoms with Crippen LogP contribution in [0.15, 0.2) is 61.2 Å². The van der Waals surface area contributed by atoms with Crippen molar-refractivity contribution in [1.29, 1.82) is 0 Å². The van der Waals surface area contributed by atoms with Crippen LogP contribution < -0.4 is 21.3 Å². The predicted octanol–water partition coefficient (Wildman–Crippen LogP) is 4.35. The van der Waals surface area contributed by atoms with Gasteiger partial charge in [0.25, 0.3) is 0 Å². The monoisotopic (exact) mass is 460 g/mol. The van der Waals surface area contributed by atoms with Crippen molar-refractivity contribution in [2.24, 2.45) is 17.1 Å². The normalized spacial score (nSPS) is 16.5. The standard InChI is InChI=1S/C15H12N2O.C11H16N2O3/c16-15(18)17-13-7-3-1-5-11(13)9-10-12-6-2-4-8-14(12)17;1-4-6-11(7(3)5-2)8(14)12-10(16)13-9(11)15/h1-10H,(H2,16,18);4,7H,1,5-6H2,2-3H3,(H2,12,13,14,15,16). The number of allylic oxidation sites excluding steroid dienone is 1. The van der Waals surface area contributed by atoms with Crippen LogP contribution in [0.25, 0.3) is 12.2 Å². The van der Waals surface area contributed by atoms with E-state index < -0.39 is 29.3 Å². The molecule has 34 heavy (non-hydrogen) atoms. The van der Waals surface area contributed by atoms with Crippen LogP contribution in [0.4, 0.5) is 21.0 Å². The highest BCUT2D eigenvalue weighted by molar-refractivity contribution is 6.19. The lowest BCUT2D eigenvalue weighted by Gasteiger charge is -2.37. The molecule has 4 N–H and O–H groups in total. The lowest BCUT2D eigenvalue weighted by molar-refractivity contribution is -0.148. The number of hydrogen-bond acceptors (Lipinski definition) is 4. The fourth-order valence-electron chi connectivity index (χ4n) is 4.18. The number of carbonyl (C=O) groups excluding carboxylic acids is 4. The number of carbonyl (C=O) groups is 4. The maximum atomic E-state index is 11.9. The highest BCUT2D eigenvalue weighted by Gasteiger charge is 2.52. The largest absolute Gasteiger partial charge is 0.351 e. The summed E-state index contributed by atoms with van der Waals surface area (Å²) in [6.45, 7) is 7.27. The van der Waals surface area contributed by atoms with Gasteiger partial charge in [-0.2, -0.15) is 0 Å². The molecule has 1 unspecified atom stereocenters. The Bertz CT molecular complexity index is 1100. The molecule has 8 heteroatoms. The summed E-state index contributed by atoms with van der Waals surface area (Å²) in [5.74, 6) is -1.22. The van der Waals surface area contributed by atoms with Crippen molar-refractivity contribution in [3.63, 3.8) is 0 Å². The zero-order valence-corrected chi connectivity index (χ0v) is 19.2. The van der Waals surface area contributed by atoms with Gasteiger partial charge in [0.1, 0.15) is 5.41 Å². The molecule has 2 aromatic carbocycles. The van der Waals surface area contributed by atoms with Crippen LogP contribution in [-0.2, 0) is 9.59 Å². The number of primary amides is 1. The Labute approximate surface area is 198 Å². The van der Waals surface area contributed by atoms with E-state index >= 15 is 0 Å². The number of para-hydroxylation sites is 2. The number of anilines is 2. The van der Waals surface area contributed by atoms with Crippen molar-refractivity contribution in [1.82, 2.24) is 10.6 Å². The molecule has 0 saturated carbocycles. The molecule has 0 aliphatic carbocycles. The number of rotatable bonds is 4. The third-order valence-corrected chi connectivity index (χ3v) is 6.20. The van der Waals surface area contributed by atoms with Gasteiger partial charge in [-0.05, 0) is 35.6 Å². The van der Waals surface area contributed by atoms with Gasteiger partial charge >= 0.3 is 12.1 Å². The second-order valence-electron chi connectivity index (χ2n) is 8.14. The minimum Gasteiger partial charge on any atom is -0.351 e. The van der Waals surface area contributed by atoms with Crippen LogP contribution in [0.3, 0.4) is 0 Å². The first-order valence-electron chi connectivity index (χ1n) is 11.0. The second kappa shape index (κ2) is 10.2. The molecule has 0 aromatic heterocycles. The van der Waals surface area contributed by atoms with Crippen LogP contribution in [0.1, 0.15) is 37.8 Å². The molecule has 0 bridgehead atoms. The Balaban J connectivity index is 0.000000192. The zero-order valence-electron chi connectivity index (χ0n) is 19.2. The van der Waals surface area contributed by atoms with E-state index in [4.69, 9.17) is 5.73 Å². The van der Waals surface area contributed by atoms with Crippen LogP contribution in [-0.4, -0.2) is 23.9 Å². The maximum Gasteiger partial charge on any atom is 0.328 e. The molecular weight excluding hydrogens is 432 g/mol. The zero-order chi connectivity index (χ0) is 24.9. The van der Waals surface area contributed by atoms with E-state index in [0.717, 1.165) is 22.5 Å². The number of nitrogens with zero attached hydrogens (tertiary/aromatic N) is 1. The molecule has 2 heterocycles. The van der Waals surface area contributed by atoms with Crippen LogP contribution in [0.5, 0.6) is 0 Å². The number of urea groups is 2. The topological polar surface area (TPSA) is 122 Å². The first-order chi connectivity index (χ1) is 16.3. The van der Waals surface area contributed by atoms with E-state index in [2.05, 4.69) is 17.2 Å². The number of barbiturate groups is 1. The highest BCUT2D eigenvalue weighted by atomic mass is 16.2. The Kier molecular flexibility index (Phi) is 7.31. The van der Waals surface area contributed by atoms with Crippen molar-refractivity contribution in [2.75, 3.05) is 4.90 Å². The summed E-state index contributed by atoms with van der Waals surface area (Å²) in [5, 5.41) is 4.29. The average molecular weight is 461 g/mol. The molecular formula is C26H28N4O4. The summed E-state index contributed by atoms with van der Waals surface area (Å²) < 4.78 is 0. The number of amides is 6. The number of hydrogen-bond donors (Lipinski definition) is 3. The number of imide groups is 2. The van der Waals surface area contributed by atoms with Crippen molar-refractivity contribution in [2.45, 2.75) is 26.7 Å². The molecule has 176 valence electrons. The molecule has 1 saturated heterocycles. The van der Waals surface area contributed by atoms with Crippen LogP contribution in [0, 0.1) is 11.3 Å². The van der Waals surface area contributed by atoms with E-state index in [1.165, 1.54) is 6.08 Å². The van der Waals surface area contributed by atoms with Crippen molar-refractivity contribution >= 4 is 47.4 Å². The van der Waals surface area contributed by atoms with E-state index in [1.807, 2.05) is 74.5 Å². The summed E-state index contributed by atoms with van der Waals surface area (Å²) in [6.07, 6.45) is 6.42. The van der Waals surface area contributed by atoms with Gasteiger partial charge in [0.2, 0.25) is 11.8 Å². The summed E-state index contributed by atoms with van der Waals surface area (Å²) >= 11 is 0. The fraction of sp³-hybridized carbons (Fsp3) is 0.231. The van der Waals surface area contributed by atoms with Crippen molar-refractivity contribution < 1.29 is 19.2 Å². The fourth-order valence-corrected chi connectivity index (χ4v) is 4.18. The summed E-state index contributed by atoms with van der Waals surface area (Å²) in [4.78, 5) is 48.1. The van der Waals surface area contributed by atoms with Gasteiger partial charge in [-0.25, -0.2) is 9.59 Å². The van der Waals surface area contributed by atoms with E-state index in [1.54, 1.807) is 4.90 Å². The minimum absolute atomic E-state index is 0.154. The molecule has 4 rings (SSSR count). The van der Waals surface area contributed by atoms with Crippen molar-refractivity contribution in [3.8, 4) is 0 Å². The first-order valence-corrected chi connectivity index (χ1v) is 11.0. The van der Waals surface area contributed by atoms with Gasteiger partial charge in [-0.3, -0.25) is 25.1 Å². The van der Waals surface area contributed by atoms with E-state index in [9.17, 15) is 19.2 Å². The van der Waals surface area contributed by atoms with E-state index in [-0.39, 0.29) is 12.3 Å². The first kappa shape index (κ1) is 24.4. The number of fused-ring (bicyclic) bond motifs is 2. The highest BCUT2D eigenvalue weighted by Crippen LogP contribution is 2.37. The number of nitrogens with one attached hydrogen (secondary N) is 2. The molecule has 2 aliphatic rings. The lowest BCUT2D eigenvalue weighted by Crippen LogP contribution is -2.64. The molecule has 6 amide bonds. The molecule has 1 fully saturated rings. The molecule has 2 aliphatic heterocycles. The Morgan fingerprint density at radius 2 is 1.47 bits per heavy atom. The third-order valence-electron chi connectivity index (χ3n) is 6.20. The van der Waals surface area contributed by atoms with Crippen LogP contribution in [0.2, 0.25) is 0 Å². The number of nitrogens with two attached hydrogens (primary N) is 1. The lowest BCUT2D eigenvalue weighted by atomic mass is 9.70. The number of benzene rings is 2. The van der Waals surface area contributed by atoms with Gasteiger partial charge in [0.15, 0.2) is 0 Å². The quantitative estimate of drug-likeness (QED) is 0.464. The van der Waals surface area contributed by atoms with Gasteiger partial charge < -0.3 is 5.73 Å². The Morgan fingerprint density at radius 3 is 1.88 bits per heavy atom. The van der Waals surface area contributed by atoms with Gasteiger partial charge in [0, 0.05) is 0 Å². The average Bonchev–Trinajstić information content (AvgIpc) is 2.98. The van der Waals surface area contributed by atoms with Gasteiger partial charge in [-0.15, -0.1) is 6.58 Å². The SMILES string of the molecule is C=CCC1(C(C)CC)C(=O)NC(=O)NC1=O.NC(=O)N1c2ccccc2C=Cc2ccccc21. The smallest absolute Gasteiger partial charge is 0.328 e. The van der Waals surface area contributed by atoms with Gasteiger partial charge in [0.05, 0.1) is 11.4 Å².